The van der Waals surface area contributed by atoms with E-state index in [1.807, 2.05) is 0 Å². The molecule has 5 aliphatic rings. The van der Waals surface area contributed by atoms with Gasteiger partial charge in [0, 0.05) is 16.5 Å². The molecule has 0 unspecified atom stereocenters. The van der Waals surface area contributed by atoms with Gasteiger partial charge in [-0.05, 0) is 206 Å². The standard InChI is InChI=1S/C81H49N/c1-2-16-58-55(15-1)43-56-30-29-50(44-67(56)58)49-31-37-57(38-32-49)82-78-41-35-51(53-33-39-65-63-21-7-13-27-74(63)80(76(65)47-53)70-23-9-3-17-59(70)60-18-4-10-24-71(60)80)45-68(78)69-46-52(36-42-79(69)82)54-34-40-66-64-22-8-14-28-75(64)81(77(66)48-54)72-25-11-5-19-61(72)62-20-6-12-26-73(62)81/h1-42,44-48H,43H2. The Morgan fingerprint density at radius 1 is 0.220 bits per heavy atom. The molecule has 378 valence electrons. The molecule has 14 aromatic rings. The van der Waals surface area contributed by atoms with Crippen LogP contribution >= 0.6 is 0 Å². The van der Waals surface area contributed by atoms with E-state index in [9.17, 15) is 0 Å². The molecule has 5 aliphatic carbocycles. The molecule has 0 N–H and O–H groups in total. The summed E-state index contributed by atoms with van der Waals surface area (Å²) in [5, 5.41) is 2.46. The Bertz CT molecular complexity index is 4760. The number of nitrogens with zero attached hydrogens (tertiary/aromatic N) is 1. The third kappa shape index (κ3) is 5.62. The van der Waals surface area contributed by atoms with E-state index in [4.69, 9.17) is 0 Å². The van der Waals surface area contributed by atoms with Crippen molar-refractivity contribution >= 4 is 21.8 Å². The molecule has 0 bridgehead atoms. The maximum absolute atomic E-state index is 2.52. The van der Waals surface area contributed by atoms with Crippen LogP contribution in [0.2, 0.25) is 0 Å². The van der Waals surface area contributed by atoms with Crippen molar-refractivity contribution in [2.75, 3.05) is 0 Å². The van der Waals surface area contributed by atoms with E-state index in [-0.39, 0.29) is 0 Å². The highest BCUT2D eigenvalue weighted by atomic mass is 15.0. The predicted molar refractivity (Wildman–Crippen MR) is 338 cm³/mol. The lowest BCUT2D eigenvalue weighted by atomic mass is 9.70. The normalized spacial score (nSPS) is 14.2. The Hall–Kier alpha value is -10.3. The van der Waals surface area contributed by atoms with Gasteiger partial charge in [-0.2, -0.15) is 0 Å². The maximum Gasteiger partial charge on any atom is 0.0725 e. The van der Waals surface area contributed by atoms with Gasteiger partial charge in [0.15, 0.2) is 0 Å². The maximum atomic E-state index is 2.52. The largest absolute Gasteiger partial charge is 0.309 e. The minimum Gasteiger partial charge on any atom is -0.309 e. The van der Waals surface area contributed by atoms with E-state index < -0.39 is 10.8 Å². The van der Waals surface area contributed by atoms with Crippen molar-refractivity contribution in [1.82, 2.24) is 4.57 Å². The second-order valence-corrected chi connectivity index (χ2v) is 23.3. The Kier molecular flexibility index (Phi) is 8.77. The number of hydrogen-bond donors (Lipinski definition) is 0. The van der Waals surface area contributed by atoms with Crippen LogP contribution in [0.3, 0.4) is 0 Å². The van der Waals surface area contributed by atoms with Gasteiger partial charge in [-0.3, -0.25) is 0 Å². The summed E-state index contributed by atoms with van der Waals surface area (Å²) >= 11 is 0. The van der Waals surface area contributed by atoms with Gasteiger partial charge in [0.05, 0.1) is 21.9 Å². The van der Waals surface area contributed by atoms with E-state index in [1.54, 1.807) is 0 Å². The summed E-state index contributed by atoms with van der Waals surface area (Å²) in [6, 6.07) is 109. The number of aromatic nitrogens is 1. The molecular formula is C81H49N. The highest BCUT2D eigenvalue weighted by molar-refractivity contribution is 6.12. The van der Waals surface area contributed by atoms with E-state index in [2.05, 4.69) is 290 Å². The summed E-state index contributed by atoms with van der Waals surface area (Å²) in [6.07, 6.45) is 0.997. The fraction of sp³-hybridized carbons (Fsp3) is 0.0370. The first-order valence-corrected chi connectivity index (χ1v) is 28.9. The summed E-state index contributed by atoms with van der Waals surface area (Å²) in [6.45, 7) is 0. The molecule has 1 heterocycles. The second kappa shape index (κ2) is 16.2. The molecule has 2 spiro atoms. The molecule has 0 atom stereocenters. The smallest absolute Gasteiger partial charge is 0.0725 e. The summed E-state index contributed by atoms with van der Waals surface area (Å²) in [7, 11) is 0. The third-order valence-corrected chi connectivity index (χ3v) is 19.7. The molecule has 0 fully saturated rings. The third-order valence-electron chi connectivity index (χ3n) is 19.7. The van der Waals surface area contributed by atoms with Gasteiger partial charge in [0.25, 0.3) is 0 Å². The van der Waals surface area contributed by atoms with Crippen molar-refractivity contribution in [3.05, 3.63) is 341 Å². The SMILES string of the molecule is c1ccc2c(c1)Cc1ccc(-c3ccc(-n4c5ccc(-c6ccc7c(c6)C6(c8ccccc8-c8ccccc86)c6ccccc6-7)cc5c5cc(-c6ccc7c(c6)C6(c8ccccc8-c8ccccc86)c6ccccc6-7)ccc54)cc3)cc1-2. The Morgan fingerprint density at radius 3 is 0.976 bits per heavy atom. The first kappa shape index (κ1) is 44.5. The van der Waals surface area contributed by atoms with Crippen molar-refractivity contribution in [2.45, 2.75) is 17.3 Å². The lowest BCUT2D eigenvalue weighted by Gasteiger charge is -2.30. The van der Waals surface area contributed by atoms with Gasteiger partial charge < -0.3 is 4.57 Å². The molecule has 0 amide bonds. The van der Waals surface area contributed by atoms with E-state index in [0.717, 1.165) is 12.1 Å². The molecule has 82 heavy (non-hydrogen) atoms. The zero-order valence-electron chi connectivity index (χ0n) is 44.8. The van der Waals surface area contributed by atoms with Crippen molar-refractivity contribution < 1.29 is 0 Å². The first-order chi connectivity index (χ1) is 40.6. The van der Waals surface area contributed by atoms with E-state index in [1.165, 1.54) is 166 Å². The van der Waals surface area contributed by atoms with Crippen LogP contribution in [0.25, 0.3) is 117 Å². The van der Waals surface area contributed by atoms with Crippen molar-refractivity contribution in [3.8, 4) is 94.7 Å². The molecule has 13 aromatic carbocycles. The topological polar surface area (TPSA) is 4.93 Å². The van der Waals surface area contributed by atoms with Gasteiger partial charge in [0.1, 0.15) is 0 Å². The van der Waals surface area contributed by atoms with Gasteiger partial charge in [-0.1, -0.05) is 231 Å². The van der Waals surface area contributed by atoms with E-state index in [0.29, 0.717) is 0 Å². The Balaban J connectivity index is 0.801. The highest BCUT2D eigenvalue weighted by Crippen LogP contribution is 2.65. The summed E-state index contributed by atoms with van der Waals surface area (Å²) in [5.74, 6) is 0. The summed E-state index contributed by atoms with van der Waals surface area (Å²) in [4.78, 5) is 0. The Morgan fingerprint density at radius 2 is 0.537 bits per heavy atom. The zero-order valence-corrected chi connectivity index (χ0v) is 44.8. The number of fused-ring (bicyclic) bond motifs is 26. The van der Waals surface area contributed by atoms with Crippen LogP contribution in [-0.4, -0.2) is 4.57 Å². The van der Waals surface area contributed by atoms with Crippen LogP contribution in [0, 0.1) is 0 Å². The average Bonchev–Trinajstić information content (AvgIpc) is 1.98. The van der Waals surface area contributed by atoms with Crippen LogP contribution in [-0.2, 0) is 17.3 Å². The molecule has 1 heteroatoms. The van der Waals surface area contributed by atoms with Crippen molar-refractivity contribution in [1.29, 1.82) is 0 Å². The summed E-state index contributed by atoms with van der Waals surface area (Å²) in [5.41, 5.74) is 36.9. The molecule has 0 saturated heterocycles. The Labute approximate surface area is 476 Å². The molecule has 19 rings (SSSR count). The van der Waals surface area contributed by atoms with Crippen LogP contribution in [0.1, 0.15) is 55.6 Å². The quantitative estimate of drug-likeness (QED) is 0.166. The predicted octanol–water partition coefficient (Wildman–Crippen LogP) is 20.0. The van der Waals surface area contributed by atoms with Gasteiger partial charge >= 0.3 is 0 Å². The minimum absolute atomic E-state index is 0.418. The van der Waals surface area contributed by atoms with Crippen molar-refractivity contribution in [3.63, 3.8) is 0 Å². The van der Waals surface area contributed by atoms with Crippen LogP contribution in [0.5, 0.6) is 0 Å². The highest BCUT2D eigenvalue weighted by Gasteiger charge is 2.53. The fourth-order valence-electron chi connectivity index (χ4n) is 16.3. The first-order valence-electron chi connectivity index (χ1n) is 28.9. The van der Waals surface area contributed by atoms with Gasteiger partial charge in [-0.25, -0.2) is 0 Å². The number of benzene rings is 13. The van der Waals surface area contributed by atoms with Crippen LogP contribution in [0.4, 0.5) is 0 Å². The molecule has 0 saturated carbocycles. The van der Waals surface area contributed by atoms with E-state index >= 15 is 0 Å². The average molecular weight is 1040 g/mol. The molecular weight excluding hydrogens is 987 g/mol. The van der Waals surface area contributed by atoms with Crippen LogP contribution in [0.15, 0.2) is 285 Å². The van der Waals surface area contributed by atoms with Gasteiger partial charge in [0.2, 0.25) is 0 Å². The molecule has 1 nitrogen and oxygen atoms in total. The second-order valence-electron chi connectivity index (χ2n) is 23.3. The monoisotopic (exact) mass is 1040 g/mol. The molecule has 0 aliphatic heterocycles. The lowest BCUT2D eigenvalue weighted by Crippen LogP contribution is -2.25. The zero-order chi connectivity index (χ0) is 53.4. The van der Waals surface area contributed by atoms with Gasteiger partial charge in [-0.15, -0.1) is 0 Å². The minimum atomic E-state index is -0.418. The van der Waals surface area contributed by atoms with Crippen molar-refractivity contribution in [2.24, 2.45) is 0 Å². The number of rotatable bonds is 4. The number of hydrogen-bond acceptors (Lipinski definition) is 0. The molecule has 0 radical (unpaired) electrons. The fourth-order valence-corrected chi connectivity index (χ4v) is 16.3. The summed E-state index contributed by atoms with van der Waals surface area (Å²) < 4.78 is 2.49. The molecule has 1 aromatic heterocycles. The lowest BCUT2D eigenvalue weighted by molar-refractivity contribution is 0.794. The van der Waals surface area contributed by atoms with Crippen LogP contribution < -0.4 is 0 Å².